The summed E-state index contributed by atoms with van der Waals surface area (Å²) in [6.07, 6.45) is 0.760. The van der Waals surface area contributed by atoms with Crippen molar-refractivity contribution in [1.82, 2.24) is 0 Å². The van der Waals surface area contributed by atoms with Gasteiger partial charge in [-0.05, 0) is 0 Å². The van der Waals surface area contributed by atoms with Crippen molar-refractivity contribution in [3.63, 3.8) is 0 Å². The first-order valence-corrected chi connectivity index (χ1v) is 6.11. The average molecular weight is 225 g/mol. The molecule has 0 atom stereocenters. The van der Waals surface area contributed by atoms with Gasteiger partial charge in [-0.3, -0.25) is 0 Å². The van der Waals surface area contributed by atoms with Crippen LogP contribution in [0, 0.1) is 6.92 Å². The molecule has 2 rings (SSSR count). The van der Waals surface area contributed by atoms with E-state index in [0.29, 0.717) is 20.7 Å². The van der Waals surface area contributed by atoms with E-state index in [1.807, 2.05) is 12.1 Å². The number of hydrogen-bond acceptors (Lipinski definition) is 1. The Morgan fingerprint density at radius 3 is 3.00 bits per heavy atom. The molecule has 1 aliphatic heterocycles. The van der Waals surface area contributed by atoms with E-state index in [1.165, 1.54) is 10.0 Å². The number of fused-ring (bicyclic) bond motifs is 1. The third-order valence-electron chi connectivity index (χ3n) is 2.09. The maximum atomic E-state index is 11.4. The van der Waals surface area contributed by atoms with E-state index in [1.54, 1.807) is 0 Å². The van der Waals surface area contributed by atoms with E-state index in [9.17, 15) is 4.79 Å². The molecule has 0 unspecified atom stereocenters. The summed E-state index contributed by atoms with van der Waals surface area (Å²) in [5, 5.41) is 1.09. The molecule has 0 aliphatic carbocycles. The van der Waals surface area contributed by atoms with Gasteiger partial charge in [0.05, 0.1) is 0 Å². The molecular formula is C10H10OSe. The Morgan fingerprint density at radius 2 is 2.25 bits per heavy atom. The first-order valence-electron chi connectivity index (χ1n) is 4.04. The minimum absolute atomic E-state index is 0.335. The van der Waals surface area contributed by atoms with Gasteiger partial charge in [-0.25, -0.2) is 0 Å². The molecule has 0 N–H and O–H groups in total. The zero-order valence-corrected chi connectivity index (χ0v) is 8.68. The number of ketones is 1. The molecule has 1 heterocycles. The van der Waals surface area contributed by atoms with Crippen molar-refractivity contribution in [3.8, 4) is 0 Å². The van der Waals surface area contributed by atoms with Gasteiger partial charge in [-0.15, -0.1) is 0 Å². The molecule has 2 heteroatoms. The molecule has 0 fully saturated rings. The van der Waals surface area contributed by atoms with Gasteiger partial charge in [0.1, 0.15) is 0 Å². The van der Waals surface area contributed by atoms with Crippen molar-refractivity contribution in [2.45, 2.75) is 18.7 Å². The van der Waals surface area contributed by atoms with E-state index in [-0.39, 0.29) is 0 Å². The van der Waals surface area contributed by atoms with Crippen molar-refractivity contribution in [1.29, 1.82) is 0 Å². The summed E-state index contributed by atoms with van der Waals surface area (Å²) in [7, 11) is 0. The van der Waals surface area contributed by atoms with Crippen LogP contribution in [0.5, 0.6) is 0 Å². The van der Waals surface area contributed by atoms with Gasteiger partial charge in [0.25, 0.3) is 0 Å². The average Bonchev–Trinajstić information content (AvgIpc) is 2.07. The molecule has 1 nitrogen and oxygen atoms in total. The van der Waals surface area contributed by atoms with Gasteiger partial charge in [0, 0.05) is 0 Å². The molecule has 0 aromatic heterocycles. The van der Waals surface area contributed by atoms with E-state index in [0.717, 1.165) is 17.3 Å². The third kappa shape index (κ3) is 1.21. The second kappa shape index (κ2) is 3.04. The van der Waals surface area contributed by atoms with Crippen LogP contribution in [0.1, 0.15) is 22.3 Å². The van der Waals surface area contributed by atoms with Crippen LogP contribution in [0.2, 0.25) is 5.32 Å². The number of carbonyl (C=O) groups is 1. The number of Topliss-reactive ketones (excluding diaryl/α,β-unsaturated/α-hetero) is 1. The minimum atomic E-state index is 0.335. The third-order valence-corrected chi connectivity index (χ3v) is 4.69. The number of benzene rings is 1. The summed E-state index contributed by atoms with van der Waals surface area (Å²) in [5.74, 6) is 0.335. The second-order valence-electron chi connectivity index (χ2n) is 2.97. The van der Waals surface area contributed by atoms with Gasteiger partial charge >= 0.3 is 78.0 Å². The molecule has 0 spiro atoms. The second-order valence-corrected chi connectivity index (χ2v) is 5.29. The topological polar surface area (TPSA) is 17.1 Å². The van der Waals surface area contributed by atoms with Crippen LogP contribution in [0.4, 0.5) is 0 Å². The molecule has 0 saturated carbocycles. The van der Waals surface area contributed by atoms with Crippen molar-refractivity contribution in [2.24, 2.45) is 0 Å². The molecule has 0 amide bonds. The molecule has 1 aromatic carbocycles. The summed E-state index contributed by atoms with van der Waals surface area (Å²) in [6.45, 7) is 2.10. The fourth-order valence-electron chi connectivity index (χ4n) is 1.44. The molecule has 1 aromatic rings. The van der Waals surface area contributed by atoms with Crippen molar-refractivity contribution in [2.75, 3.05) is 0 Å². The van der Waals surface area contributed by atoms with Crippen LogP contribution < -0.4 is 4.46 Å². The van der Waals surface area contributed by atoms with Crippen molar-refractivity contribution >= 4 is 25.2 Å². The van der Waals surface area contributed by atoms with Gasteiger partial charge in [-0.2, -0.15) is 0 Å². The summed E-state index contributed by atoms with van der Waals surface area (Å²) in [6, 6.07) is 6.04. The summed E-state index contributed by atoms with van der Waals surface area (Å²) in [5.41, 5.74) is 2.28. The van der Waals surface area contributed by atoms with Gasteiger partial charge < -0.3 is 0 Å². The molecule has 0 saturated heterocycles. The van der Waals surface area contributed by atoms with Crippen LogP contribution in [-0.4, -0.2) is 20.7 Å². The molecule has 1 aliphatic rings. The van der Waals surface area contributed by atoms with Crippen LogP contribution in [0.15, 0.2) is 18.2 Å². The maximum absolute atomic E-state index is 11.4. The van der Waals surface area contributed by atoms with E-state index in [4.69, 9.17) is 0 Å². The molecule has 0 radical (unpaired) electrons. The molecular weight excluding hydrogens is 215 g/mol. The monoisotopic (exact) mass is 226 g/mol. The predicted molar refractivity (Wildman–Crippen MR) is 50.3 cm³/mol. The van der Waals surface area contributed by atoms with Crippen molar-refractivity contribution < 1.29 is 4.79 Å². The van der Waals surface area contributed by atoms with Crippen molar-refractivity contribution in [3.05, 3.63) is 29.3 Å². The molecule has 12 heavy (non-hydrogen) atoms. The fourth-order valence-corrected chi connectivity index (χ4v) is 3.80. The van der Waals surface area contributed by atoms with Gasteiger partial charge in [0.2, 0.25) is 0 Å². The SMILES string of the molecule is Cc1cccc2c1[Se]CCC2=O. The Kier molecular flexibility index (Phi) is 2.03. The van der Waals surface area contributed by atoms with Gasteiger partial charge in [-0.1, -0.05) is 0 Å². The first-order chi connectivity index (χ1) is 5.79. The summed E-state index contributed by atoms with van der Waals surface area (Å²) in [4.78, 5) is 11.4. The Morgan fingerprint density at radius 1 is 1.42 bits per heavy atom. The Hall–Kier alpha value is -0.591. The predicted octanol–water partition coefficient (Wildman–Crippen LogP) is 1.33. The Labute approximate surface area is 78.3 Å². The zero-order valence-electron chi connectivity index (χ0n) is 6.96. The number of hydrogen-bond donors (Lipinski definition) is 0. The van der Waals surface area contributed by atoms with E-state index < -0.39 is 0 Å². The van der Waals surface area contributed by atoms with E-state index >= 15 is 0 Å². The van der Waals surface area contributed by atoms with Crippen LogP contribution in [0.25, 0.3) is 0 Å². The quantitative estimate of drug-likeness (QED) is 0.609. The first kappa shape index (κ1) is 8.03. The molecule has 62 valence electrons. The summed E-state index contributed by atoms with van der Waals surface area (Å²) >= 11 is 0.536. The molecule has 0 bridgehead atoms. The van der Waals surface area contributed by atoms with Gasteiger partial charge in [0.15, 0.2) is 0 Å². The van der Waals surface area contributed by atoms with Crippen LogP contribution >= 0.6 is 0 Å². The number of carbonyl (C=O) groups excluding carboxylic acids is 1. The Balaban J connectivity index is 2.59. The zero-order chi connectivity index (χ0) is 8.55. The number of aryl methyl sites for hydroxylation is 1. The summed E-state index contributed by atoms with van der Waals surface area (Å²) < 4.78 is 1.33. The van der Waals surface area contributed by atoms with E-state index in [2.05, 4.69) is 13.0 Å². The fraction of sp³-hybridized carbons (Fsp3) is 0.300. The van der Waals surface area contributed by atoms with Crippen LogP contribution in [0.3, 0.4) is 0 Å². The number of rotatable bonds is 0. The Bertz CT molecular complexity index is 331. The van der Waals surface area contributed by atoms with Crippen LogP contribution in [-0.2, 0) is 0 Å². The normalized spacial score (nSPS) is 15.9. The standard InChI is InChI=1S/C10H10OSe/c1-7-3-2-4-8-9(11)5-6-12-10(7)8/h2-4H,5-6H2,1H3.